The molecule has 0 bridgehead atoms. The van der Waals surface area contributed by atoms with Crippen LogP contribution in [0.25, 0.3) is 0 Å². The van der Waals surface area contributed by atoms with E-state index >= 15 is 0 Å². The third-order valence-electron chi connectivity index (χ3n) is 3.86. The van der Waals surface area contributed by atoms with E-state index < -0.39 is 15.6 Å². The van der Waals surface area contributed by atoms with Crippen LogP contribution in [0, 0.1) is 5.92 Å². The quantitative estimate of drug-likeness (QED) is 0.823. The van der Waals surface area contributed by atoms with E-state index in [1.54, 1.807) is 0 Å². The van der Waals surface area contributed by atoms with Gasteiger partial charge in [-0.3, -0.25) is 0 Å². The van der Waals surface area contributed by atoms with Crippen LogP contribution in [0.3, 0.4) is 0 Å². The molecule has 1 heterocycles. The highest BCUT2D eigenvalue weighted by molar-refractivity contribution is 7.89. The predicted molar refractivity (Wildman–Crippen MR) is 77.3 cm³/mol. The van der Waals surface area contributed by atoms with Crippen LogP contribution in [0.2, 0.25) is 10.0 Å². The molecule has 0 unspecified atom stereocenters. The first-order valence-corrected chi connectivity index (χ1v) is 8.41. The molecule has 5 nitrogen and oxygen atoms in total. The summed E-state index contributed by atoms with van der Waals surface area (Å²) in [6, 6.07) is 2.71. The number of nitrogens with zero attached hydrogens (tertiary/aromatic N) is 1. The fourth-order valence-corrected chi connectivity index (χ4v) is 5.31. The molecule has 1 aromatic rings. The number of halogens is 2. The molecule has 2 aliphatic rings. The van der Waals surface area contributed by atoms with Crippen LogP contribution in [0.4, 0.5) is 5.69 Å². The highest BCUT2D eigenvalue weighted by Gasteiger charge is 2.55. The zero-order chi connectivity index (χ0) is 14.7. The van der Waals surface area contributed by atoms with Crippen molar-refractivity contribution in [3.8, 4) is 0 Å². The average Bonchev–Trinajstić information content (AvgIpc) is 3.06. The van der Waals surface area contributed by atoms with Crippen molar-refractivity contribution >= 4 is 38.9 Å². The number of aliphatic hydroxyl groups is 1. The lowest BCUT2D eigenvalue weighted by Gasteiger charge is -2.45. The Kier molecular flexibility index (Phi) is 3.23. The summed E-state index contributed by atoms with van der Waals surface area (Å²) in [5, 5.41) is 10.2. The SMILES string of the molecule is Nc1cc(Cl)c(S(=O)(=O)N2CC(O)(C3CC3)C2)c(Cl)c1. The van der Waals surface area contributed by atoms with Crippen molar-refractivity contribution in [2.75, 3.05) is 18.8 Å². The van der Waals surface area contributed by atoms with E-state index in [9.17, 15) is 13.5 Å². The van der Waals surface area contributed by atoms with Gasteiger partial charge in [-0.1, -0.05) is 23.2 Å². The molecule has 0 amide bonds. The molecule has 1 aromatic carbocycles. The maximum atomic E-state index is 12.5. The van der Waals surface area contributed by atoms with Gasteiger partial charge in [0.1, 0.15) is 4.90 Å². The predicted octanol–water partition coefficient (Wildman–Crippen LogP) is 1.72. The molecule has 3 rings (SSSR count). The van der Waals surface area contributed by atoms with Gasteiger partial charge in [-0.2, -0.15) is 4.31 Å². The first-order valence-electron chi connectivity index (χ1n) is 6.21. The van der Waals surface area contributed by atoms with Gasteiger partial charge in [-0.05, 0) is 30.9 Å². The summed E-state index contributed by atoms with van der Waals surface area (Å²) in [6.07, 6.45) is 1.90. The smallest absolute Gasteiger partial charge is 0.246 e. The number of hydrogen-bond donors (Lipinski definition) is 2. The van der Waals surface area contributed by atoms with Crippen molar-refractivity contribution < 1.29 is 13.5 Å². The third kappa shape index (κ3) is 2.19. The van der Waals surface area contributed by atoms with Gasteiger partial charge in [-0.25, -0.2) is 8.42 Å². The van der Waals surface area contributed by atoms with Crippen LogP contribution in [0.15, 0.2) is 17.0 Å². The van der Waals surface area contributed by atoms with Crippen LogP contribution in [-0.2, 0) is 10.0 Å². The molecule has 0 spiro atoms. The van der Waals surface area contributed by atoms with Gasteiger partial charge in [0.05, 0.1) is 15.6 Å². The minimum absolute atomic E-state index is 0.00291. The van der Waals surface area contributed by atoms with Crippen LogP contribution in [-0.4, -0.2) is 36.5 Å². The highest BCUT2D eigenvalue weighted by atomic mass is 35.5. The topological polar surface area (TPSA) is 83.6 Å². The molecule has 1 saturated carbocycles. The highest BCUT2D eigenvalue weighted by Crippen LogP contribution is 2.46. The molecule has 1 aliphatic heterocycles. The Morgan fingerprint density at radius 2 is 1.75 bits per heavy atom. The van der Waals surface area contributed by atoms with E-state index in [0.29, 0.717) is 5.69 Å². The molecule has 0 atom stereocenters. The van der Waals surface area contributed by atoms with Gasteiger partial charge >= 0.3 is 0 Å². The van der Waals surface area contributed by atoms with E-state index in [1.165, 1.54) is 16.4 Å². The second kappa shape index (κ2) is 4.48. The maximum absolute atomic E-state index is 12.5. The largest absolute Gasteiger partial charge is 0.399 e. The zero-order valence-corrected chi connectivity index (χ0v) is 12.8. The number of rotatable bonds is 3. The average molecular weight is 337 g/mol. The van der Waals surface area contributed by atoms with Crippen LogP contribution in [0.5, 0.6) is 0 Å². The van der Waals surface area contributed by atoms with E-state index in [0.717, 1.165) is 12.8 Å². The van der Waals surface area contributed by atoms with Crippen molar-refractivity contribution in [2.24, 2.45) is 5.92 Å². The summed E-state index contributed by atoms with van der Waals surface area (Å²) in [7, 11) is -3.80. The fraction of sp³-hybridized carbons (Fsp3) is 0.500. The fourth-order valence-electron chi connectivity index (χ4n) is 2.57. The number of benzene rings is 1. The summed E-state index contributed by atoms with van der Waals surface area (Å²) in [6.45, 7) is 0.189. The molecule has 1 aliphatic carbocycles. The Bertz CT molecular complexity index is 644. The summed E-state index contributed by atoms with van der Waals surface area (Å²) in [5.41, 5.74) is 4.98. The molecule has 110 valence electrons. The number of β-amino-alcohol motifs (C(OH)–C–C–N with tert-alkyl or cyclic N) is 1. The number of sulfonamides is 1. The summed E-state index contributed by atoms with van der Waals surface area (Å²) >= 11 is 11.9. The lowest BCUT2D eigenvalue weighted by molar-refractivity contribution is -0.0764. The molecule has 8 heteroatoms. The second-order valence-electron chi connectivity index (χ2n) is 5.46. The summed E-state index contributed by atoms with van der Waals surface area (Å²) in [5.74, 6) is 0.214. The van der Waals surface area contributed by atoms with E-state index in [-0.39, 0.29) is 33.9 Å². The first-order chi connectivity index (χ1) is 9.24. The number of nitrogens with two attached hydrogens (primary N) is 1. The van der Waals surface area contributed by atoms with Gasteiger partial charge in [-0.15, -0.1) is 0 Å². The Balaban J connectivity index is 1.90. The van der Waals surface area contributed by atoms with Crippen LogP contribution >= 0.6 is 23.2 Å². The molecule has 20 heavy (non-hydrogen) atoms. The minimum atomic E-state index is -3.80. The molecule has 3 N–H and O–H groups in total. The summed E-state index contributed by atoms with van der Waals surface area (Å²) < 4.78 is 26.2. The van der Waals surface area contributed by atoms with Crippen molar-refractivity contribution in [2.45, 2.75) is 23.3 Å². The number of nitrogen functional groups attached to an aromatic ring is 1. The Hall–Kier alpha value is -0.530. The Morgan fingerprint density at radius 3 is 2.20 bits per heavy atom. The molecular formula is C12H14Cl2N2O3S. The summed E-state index contributed by atoms with van der Waals surface area (Å²) in [4.78, 5) is -0.145. The zero-order valence-electron chi connectivity index (χ0n) is 10.5. The molecule has 1 saturated heterocycles. The van der Waals surface area contributed by atoms with E-state index in [1.807, 2.05) is 0 Å². The van der Waals surface area contributed by atoms with Crippen LogP contribution in [0.1, 0.15) is 12.8 Å². The maximum Gasteiger partial charge on any atom is 0.246 e. The normalized spacial score (nSPS) is 22.6. The van der Waals surface area contributed by atoms with E-state index in [2.05, 4.69) is 0 Å². The molecule has 0 radical (unpaired) electrons. The number of hydrogen-bond acceptors (Lipinski definition) is 4. The van der Waals surface area contributed by atoms with Gasteiger partial charge in [0, 0.05) is 18.8 Å². The molecule has 2 fully saturated rings. The first kappa shape index (κ1) is 14.4. The van der Waals surface area contributed by atoms with Gasteiger partial charge < -0.3 is 10.8 Å². The lowest BCUT2D eigenvalue weighted by Crippen LogP contribution is -2.64. The van der Waals surface area contributed by atoms with Crippen molar-refractivity contribution in [1.82, 2.24) is 4.31 Å². The van der Waals surface area contributed by atoms with Crippen molar-refractivity contribution in [3.05, 3.63) is 22.2 Å². The van der Waals surface area contributed by atoms with Gasteiger partial charge in [0.2, 0.25) is 10.0 Å². The van der Waals surface area contributed by atoms with Crippen molar-refractivity contribution in [1.29, 1.82) is 0 Å². The molecular weight excluding hydrogens is 323 g/mol. The lowest BCUT2D eigenvalue weighted by atomic mass is 9.91. The second-order valence-corrected chi connectivity index (χ2v) is 8.15. The van der Waals surface area contributed by atoms with Crippen LogP contribution < -0.4 is 5.73 Å². The minimum Gasteiger partial charge on any atom is -0.399 e. The van der Waals surface area contributed by atoms with Gasteiger partial charge in [0.25, 0.3) is 0 Å². The molecule has 0 aromatic heterocycles. The van der Waals surface area contributed by atoms with E-state index in [4.69, 9.17) is 28.9 Å². The third-order valence-corrected chi connectivity index (χ3v) is 6.57. The standard InChI is InChI=1S/C12H14Cl2N2O3S/c13-9-3-8(15)4-10(14)11(9)20(18,19)16-5-12(17,6-16)7-1-2-7/h3-4,7,17H,1-2,5-6,15H2. The Labute approximate surface area is 127 Å². The van der Waals surface area contributed by atoms with Gasteiger partial charge in [0.15, 0.2) is 0 Å². The monoisotopic (exact) mass is 336 g/mol. The Morgan fingerprint density at radius 1 is 1.25 bits per heavy atom. The number of anilines is 1. The van der Waals surface area contributed by atoms with Crippen molar-refractivity contribution in [3.63, 3.8) is 0 Å².